The van der Waals surface area contributed by atoms with E-state index in [4.69, 9.17) is 24.3 Å². The molecule has 0 aliphatic rings. The molecule has 0 saturated carbocycles. The molecule has 0 heterocycles. The van der Waals surface area contributed by atoms with Crippen LogP contribution in [0.15, 0.2) is 24.3 Å². The van der Waals surface area contributed by atoms with Crippen molar-refractivity contribution in [1.29, 1.82) is 0 Å². The highest BCUT2D eigenvalue weighted by Gasteiger charge is 2.26. The van der Waals surface area contributed by atoms with E-state index in [1.165, 1.54) is 289 Å². The van der Waals surface area contributed by atoms with Gasteiger partial charge in [0.2, 0.25) is 0 Å². The summed E-state index contributed by atoms with van der Waals surface area (Å²) in [5.41, 5.74) is 5.39. The lowest BCUT2D eigenvalue weighted by atomic mass is 10.0. The van der Waals surface area contributed by atoms with Crippen LogP contribution in [0.4, 0.5) is 0 Å². The van der Waals surface area contributed by atoms with Gasteiger partial charge in [-0.05, 0) is 44.9 Å². The molecule has 0 aliphatic carbocycles. The van der Waals surface area contributed by atoms with Crippen LogP contribution in [0.5, 0.6) is 0 Å². The Morgan fingerprint density at radius 2 is 0.658 bits per heavy atom. The van der Waals surface area contributed by atoms with Gasteiger partial charge >= 0.3 is 19.8 Å². The van der Waals surface area contributed by atoms with E-state index >= 15 is 0 Å². The van der Waals surface area contributed by atoms with E-state index in [1.807, 2.05) is 0 Å². The van der Waals surface area contributed by atoms with E-state index in [0.29, 0.717) is 6.42 Å². The number of phosphoric ester groups is 1. The van der Waals surface area contributed by atoms with Crippen molar-refractivity contribution in [2.75, 3.05) is 26.4 Å². The van der Waals surface area contributed by atoms with Gasteiger partial charge in [0, 0.05) is 19.4 Å². The smallest absolute Gasteiger partial charge is 0.462 e. The van der Waals surface area contributed by atoms with Gasteiger partial charge in [0.15, 0.2) is 6.10 Å². The van der Waals surface area contributed by atoms with Crippen LogP contribution in [0.2, 0.25) is 0 Å². The molecule has 468 valence electrons. The molecule has 0 amide bonds. The number of esters is 2. The molecule has 0 fully saturated rings. The van der Waals surface area contributed by atoms with Crippen molar-refractivity contribution in [1.82, 2.24) is 0 Å². The number of unbranched alkanes of at least 4 members (excludes halogenated alkanes) is 50. The van der Waals surface area contributed by atoms with Gasteiger partial charge in [-0.15, -0.1) is 0 Å². The molecule has 0 bridgehead atoms. The monoisotopic (exact) mass is 1140 g/mol. The molecule has 9 nitrogen and oxygen atoms in total. The first-order valence-electron chi connectivity index (χ1n) is 34.8. The third-order valence-corrected chi connectivity index (χ3v) is 16.8. The van der Waals surface area contributed by atoms with Crippen molar-refractivity contribution in [3.05, 3.63) is 24.3 Å². The van der Waals surface area contributed by atoms with Crippen molar-refractivity contribution in [2.45, 2.75) is 380 Å². The number of hydrogen-bond donors (Lipinski definition) is 2. The standard InChI is InChI=1S/C69H134NO8P/c1-3-5-7-9-11-13-15-17-19-21-23-24-25-26-27-28-29-30-31-32-33-34-35-36-37-38-39-40-41-42-43-44-46-47-49-51-53-55-57-59-61-68(71)75-65-67(66-77-79(73,74)76-64-63-70)78-69(72)62-60-58-56-54-52-50-48-45-22-20-18-16-14-12-10-8-6-4-2/h14,16,20,22,67H,3-13,15,17-19,21,23-66,70H2,1-2H3,(H,73,74)/b16-14-,22-20-. The lowest BCUT2D eigenvalue weighted by molar-refractivity contribution is -0.161. The second kappa shape index (κ2) is 65.6. The van der Waals surface area contributed by atoms with Crippen molar-refractivity contribution in [2.24, 2.45) is 5.73 Å². The molecule has 0 rings (SSSR count). The predicted octanol–water partition coefficient (Wildman–Crippen LogP) is 22.5. The van der Waals surface area contributed by atoms with Crippen molar-refractivity contribution < 1.29 is 37.6 Å². The van der Waals surface area contributed by atoms with E-state index in [9.17, 15) is 19.0 Å². The van der Waals surface area contributed by atoms with Gasteiger partial charge in [-0.25, -0.2) is 4.57 Å². The predicted molar refractivity (Wildman–Crippen MR) is 340 cm³/mol. The van der Waals surface area contributed by atoms with Gasteiger partial charge in [0.05, 0.1) is 13.2 Å². The zero-order valence-electron chi connectivity index (χ0n) is 52.6. The number of allylic oxidation sites excluding steroid dienone is 4. The Morgan fingerprint density at radius 3 is 0.975 bits per heavy atom. The lowest BCUT2D eigenvalue weighted by Gasteiger charge is -2.19. The van der Waals surface area contributed by atoms with Crippen LogP contribution in [-0.2, 0) is 32.7 Å². The van der Waals surface area contributed by atoms with Crippen LogP contribution in [0.1, 0.15) is 373 Å². The Kier molecular flexibility index (Phi) is 64.4. The first-order valence-corrected chi connectivity index (χ1v) is 36.3. The van der Waals surface area contributed by atoms with Crippen LogP contribution in [-0.4, -0.2) is 49.3 Å². The van der Waals surface area contributed by atoms with Gasteiger partial charge in [-0.2, -0.15) is 0 Å². The van der Waals surface area contributed by atoms with Gasteiger partial charge in [-0.1, -0.05) is 340 Å². The number of ether oxygens (including phenoxy) is 2. The molecule has 0 aromatic carbocycles. The average molecular weight is 1140 g/mol. The van der Waals surface area contributed by atoms with Gasteiger partial charge < -0.3 is 20.1 Å². The number of hydrogen-bond acceptors (Lipinski definition) is 8. The topological polar surface area (TPSA) is 134 Å². The normalized spacial score (nSPS) is 13.0. The molecule has 10 heteroatoms. The van der Waals surface area contributed by atoms with Crippen LogP contribution in [0.3, 0.4) is 0 Å². The fourth-order valence-corrected chi connectivity index (χ4v) is 11.4. The Balaban J connectivity index is 3.71. The molecule has 0 radical (unpaired) electrons. The van der Waals surface area contributed by atoms with Gasteiger partial charge in [0.25, 0.3) is 0 Å². The highest BCUT2D eigenvalue weighted by atomic mass is 31.2. The van der Waals surface area contributed by atoms with E-state index in [0.717, 1.165) is 51.4 Å². The number of phosphoric acid groups is 1. The third-order valence-electron chi connectivity index (χ3n) is 15.8. The Hall–Kier alpha value is -1.51. The maximum Gasteiger partial charge on any atom is 0.472 e. The van der Waals surface area contributed by atoms with Gasteiger partial charge in [-0.3, -0.25) is 18.6 Å². The third kappa shape index (κ3) is 65.5. The molecule has 3 N–H and O–H groups in total. The molecule has 79 heavy (non-hydrogen) atoms. The summed E-state index contributed by atoms with van der Waals surface area (Å²) in [6.07, 6.45) is 80.2. The van der Waals surface area contributed by atoms with Crippen molar-refractivity contribution >= 4 is 19.8 Å². The number of rotatable bonds is 67. The van der Waals surface area contributed by atoms with Crippen molar-refractivity contribution in [3.63, 3.8) is 0 Å². The van der Waals surface area contributed by atoms with E-state index < -0.39 is 26.5 Å². The Bertz CT molecular complexity index is 1340. The largest absolute Gasteiger partial charge is 0.472 e. The van der Waals surface area contributed by atoms with Crippen molar-refractivity contribution in [3.8, 4) is 0 Å². The zero-order valence-corrected chi connectivity index (χ0v) is 53.5. The quantitative estimate of drug-likeness (QED) is 0.0264. The summed E-state index contributed by atoms with van der Waals surface area (Å²) < 4.78 is 33.1. The molecule has 0 aliphatic heterocycles. The molecule has 0 saturated heterocycles. The molecular formula is C69H134NO8P. The fourth-order valence-electron chi connectivity index (χ4n) is 10.7. The van der Waals surface area contributed by atoms with Crippen LogP contribution >= 0.6 is 7.82 Å². The van der Waals surface area contributed by atoms with Crippen LogP contribution < -0.4 is 5.73 Å². The summed E-state index contributed by atoms with van der Waals surface area (Å²) in [5, 5.41) is 0. The fraction of sp³-hybridized carbons (Fsp3) is 0.913. The minimum absolute atomic E-state index is 0.0541. The minimum atomic E-state index is -4.39. The summed E-state index contributed by atoms with van der Waals surface area (Å²) in [6.45, 7) is 3.78. The second-order valence-electron chi connectivity index (χ2n) is 23.8. The highest BCUT2D eigenvalue weighted by Crippen LogP contribution is 2.43. The molecule has 2 atom stereocenters. The molecule has 0 spiro atoms. The zero-order chi connectivity index (χ0) is 57.3. The Labute approximate surface area is 491 Å². The molecule has 0 aromatic rings. The number of carbonyl (C=O) groups excluding carboxylic acids is 2. The summed E-state index contributed by atoms with van der Waals surface area (Å²) in [4.78, 5) is 35.2. The lowest BCUT2D eigenvalue weighted by Crippen LogP contribution is -2.29. The minimum Gasteiger partial charge on any atom is -0.462 e. The maximum atomic E-state index is 12.7. The summed E-state index contributed by atoms with van der Waals surface area (Å²) >= 11 is 0. The van der Waals surface area contributed by atoms with Crippen LogP contribution in [0, 0.1) is 0 Å². The maximum absolute atomic E-state index is 12.7. The van der Waals surface area contributed by atoms with Crippen LogP contribution in [0.25, 0.3) is 0 Å². The summed E-state index contributed by atoms with van der Waals surface area (Å²) in [7, 11) is -4.39. The first kappa shape index (κ1) is 77.5. The molecule has 2 unspecified atom stereocenters. The first-order chi connectivity index (χ1) is 38.8. The Morgan fingerprint density at radius 1 is 0.380 bits per heavy atom. The molecule has 0 aromatic heterocycles. The highest BCUT2D eigenvalue weighted by molar-refractivity contribution is 7.47. The average Bonchev–Trinajstić information content (AvgIpc) is 3.44. The van der Waals surface area contributed by atoms with E-state index in [1.54, 1.807) is 0 Å². The van der Waals surface area contributed by atoms with Gasteiger partial charge in [0.1, 0.15) is 6.61 Å². The number of carbonyl (C=O) groups is 2. The summed E-state index contributed by atoms with van der Waals surface area (Å²) in [5.74, 6) is -0.818. The summed E-state index contributed by atoms with van der Waals surface area (Å²) in [6, 6.07) is 0. The SMILES string of the molecule is CCCCCC/C=C\C/C=C\CCCCCCCCCC(=O)OC(COC(=O)CCCCCCCCCCCCCCCCCCCCCCCCCCCCCCCCCCCCCCCCCC)COP(=O)(O)OCCN. The van der Waals surface area contributed by atoms with E-state index in [2.05, 4.69) is 38.2 Å². The molecular weight excluding hydrogens is 1000 g/mol. The second-order valence-corrected chi connectivity index (χ2v) is 25.2. The van der Waals surface area contributed by atoms with E-state index in [-0.39, 0.29) is 38.6 Å². The number of nitrogens with two attached hydrogens (primary N) is 1.